The van der Waals surface area contributed by atoms with Crippen LogP contribution in [0.1, 0.15) is 0 Å². The van der Waals surface area contributed by atoms with Gasteiger partial charge in [0.25, 0.3) is 0 Å². The molecule has 0 aliphatic rings. The molecule has 0 saturated heterocycles. The number of hydrogen-bond donors (Lipinski definition) is 0. The summed E-state index contributed by atoms with van der Waals surface area (Å²) in [6.45, 7) is 0. The summed E-state index contributed by atoms with van der Waals surface area (Å²) in [5.74, 6) is 0. The Balaban J connectivity index is 0. The molecule has 0 spiro atoms. The van der Waals surface area contributed by atoms with Gasteiger partial charge >= 0.3 is 38.0 Å². The first-order chi connectivity index (χ1) is 3.86. The van der Waals surface area contributed by atoms with Crippen LogP contribution in [0.5, 0.6) is 0 Å². The van der Waals surface area contributed by atoms with Crippen LogP contribution in [0.4, 0.5) is 25.2 Å². The third kappa shape index (κ3) is 632. The molecule has 0 fully saturated rings. The van der Waals surface area contributed by atoms with Crippen LogP contribution in [-0.4, -0.2) is 0 Å². The van der Waals surface area contributed by atoms with Crippen molar-refractivity contribution in [3.8, 4) is 0 Å². The van der Waals surface area contributed by atoms with Gasteiger partial charge in [-0.25, -0.2) is 0 Å². The van der Waals surface area contributed by atoms with Gasteiger partial charge in [-0.2, -0.15) is 0 Å². The molecule has 0 aromatic heterocycles. The molecule has 0 unspecified atom stereocenters. The summed E-state index contributed by atoms with van der Waals surface area (Å²) in [5.41, 5.74) is 0. The van der Waals surface area contributed by atoms with Gasteiger partial charge in [0, 0.05) is 0 Å². The van der Waals surface area contributed by atoms with Crippen LogP contribution < -0.4 is 5.04 Å². The Morgan fingerprint density at radius 1 is 0.800 bits per heavy atom. The van der Waals surface area contributed by atoms with Crippen molar-refractivity contribution in [3.63, 3.8) is 0 Å². The van der Waals surface area contributed by atoms with Crippen molar-refractivity contribution in [2.75, 3.05) is 0 Å². The number of halogens is 6. The van der Waals surface area contributed by atoms with E-state index in [0.717, 1.165) is 5.04 Å². The quantitative estimate of drug-likeness (QED) is 0.335. The van der Waals surface area contributed by atoms with E-state index in [9.17, 15) is 25.2 Å². The van der Waals surface area contributed by atoms with Gasteiger partial charge in [-0.1, -0.05) is 0 Å². The maximum atomic E-state index is 9.87. The van der Waals surface area contributed by atoms with Crippen molar-refractivity contribution in [2.24, 2.45) is 0 Å². The Bertz CT molecular complexity index is 132. The maximum Gasteiger partial charge on any atom is 0.569 e. The molecule has 0 rings (SSSR count). The minimum atomic E-state index is -10.7. The Kier molecular flexibility index (Phi) is 2.29. The molecule has 0 aliphatic heterocycles. The fraction of sp³-hybridized carbons (Fsp3) is 0. The van der Waals surface area contributed by atoms with E-state index in [4.69, 9.17) is 9.81 Å². The molecule has 0 aromatic rings. The van der Waals surface area contributed by atoms with Gasteiger partial charge in [-0.3, -0.25) is 0 Å². The van der Waals surface area contributed by atoms with Crippen molar-refractivity contribution in [3.05, 3.63) is 9.81 Å². The topological polar surface area (TPSA) is 48.2 Å². The molecule has 0 N–H and O–H groups in total. The van der Waals surface area contributed by atoms with E-state index in [1.807, 2.05) is 0 Å². The molecule has 0 aliphatic carbocycles. The Morgan fingerprint density at radius 2 is 0.800 bits per heavy atom. The molecular formula is F6NO2P. The van der Waals surface area contributed by atoms with Crippen molar-refractivity contribution in [1.29, 1.82) is 0 Å². The second-order valence-corrected chi connectivity index (χ2v) is 2.95. The zero-order valence-corrected chi connectivity index (χ0v) is 4.87. The molecule has 0 saturated carbocycles. The average Bonchev–Trinajstić information content (AvgIpc) is 1.20. The van der Waals surface area contributed by atoms with Gasteiger partial charge in [0.15, 0.2) is 0 Å². The number of nitroso groups, excluding NO2 is 2. The summed E-state index contributed by atoms with van der Waals surface area (Å²) >= 11 is 0. The molecule has 0 amide bonds. The Labute approximate surface area is 49.2 Å². The summed E-state index contributed by atoms with van der Waals surface area (Å²) in [6.07, 6.45) is 0. The van der Waals surface area contributed by atoms with Gasteiger partial charge in [-0.05, 0) is 0 Å². The molecule has 0 bridgehead atoms. The van der Waals surface area contributed by atoms with E-state index in [1.54, 1.807) is 0 Å². The van der Waals surface area contributed by atoms with Gasteiger partial charge in [0.05, 0.1) is 0 Å². The van der Waals surface area contributed by atoms with Crippen molar-refractivity contribution < 1.29 is 25.2 Å². The largest absolute Gasteiger partial charge is 0.569 e. The van der Waals surface area contributed by atoms with E-state index in [1.165, 1.54) is 0 Å². The first-order valence-corrected chi connectivity index (χ1v) is 3.41. The number of hydrogen-bond acceptors (Lipinski definition) is 2. The van der Waals surface area contributed by atoms with Crippen LogP contribution in [0.2, 0.25) is 0 Å². The predicted octanol–water partition coefficient (Wildman–Crippen LogP) is 2.97. The summed E-state index contributed by atoms with van der Waals surface area (Å²) in [7, 11) is -10.7. The SMILES string of the molecule is F[P-](F)(F)(F)(F)F.O=[N+]=O. The fourth-order valence-corrected chi connectivity index (χ4v) is 0. The third-order valence-electron chi connectivity index (χ3n) is 0. The number of rotatable bonds is 0. The van der Waals surface area contributed by atoms with Crippen LogP contribution in [-0.2, 0) is 0 Å². The summed E-state index contributed by atoms with van der Waals surface area (Å²) in [6, 6.07) is 0. The van der Waals surface area contributed by atoms with Crippen molar-refractivity contribution >= 4 is 7.81 Å². The van der Waals surface area contributed by atoms with Gasteiger partial charge < -0.3 is 0 Å². The summed E-state index contributed by atoms with van der Waals surface area (Å²) < 4.78 is 59.2. The standard InChI is InChI=1S/F6P.NO2/c1-7(2,3,4,5)6;2-1-3/q-1;+1. The van der Waals surface area contributed by atoms with E-state index in [2.05, 4.69) is 0 Å². The summed E-state index contributed by atoms with van der Waals surface area (Å²) in [5, 5.41) is 1.00. The molecule has 0 aromatic carbocycles. The van der Waals surface area contributed by atoms with Crippen LogP contribution >= 0.6 is 7.81 Å². The minimum Gasteiger partial charge on any atom is 0.215 e. The van der Waals surface area contributed by atoms with E-state index in [0.29, 0.717) is 0 Å². The van der Waals surface area contributed by atoms with E-state index < -0.39 is 7.81 Å². The molecule has 10 heavy (non-hydrogen) atoms. The molecule has 64 valence electrons. The van der Waals surface area contributed by atoms with Crippen molar-refractivity contribution in [1.82, 2.24) is 5.04 Å². The second-order valence-electron chi connectivity index (χ2n) is 1.03. The first kappa shape index (κ1) is 12.0. The predicted molar refractivity (Wildman–Crippen MR) is 22.4 cm³/mol. The smallest absolute Gasteiger partial charge is 0.215 e. The number of nitrogens with zero attached hydrogens (tertiary/aromatic N) is 1. The first-order valence-electron chi connectivity index (χ1n) is 1.38. The zero-order valence-electron chi connectivity index (χ0n) is 3.98. The zero-order chi connectivity index (χ0) is 9.12. The van der Waals surface area contributed by atoms with Crippen molar-refractivity contribution in [2.45, 2.75) is 0 Å². The van der Waals surface area contributed by atoms with Crippen LogP contribution in [0.15, 0.2) is 0 Å². The third-order valence-corrected chi connectivity index (χ3v) is 0. The van der Waals surface area contributed by atoms with E-state index in [-0.39, 0.29) is 0 Å². The van der Waals surface area contributed by atoms with Crippen LogP contribution in [0, 0.1) is 9.81 Å². The Morgan fingerprint density at radius 3 is 0.800 bits per heavy atom. The molecule has 3 nitrogen and oxygen atoms in total. The average molecular weight is 191 g/mol. The molecule has 0 radical (unpaired) electrons. The Hall–Kier alpha value is -0.680. The molecular weight excluding hydrogens is 191 g/mol. The van der Waals surface area contributed by atoms with Crippen LogP contribution in [0.25, 0.3) is 0 Å². The maximum absolute atomic E-state index is 10.7. The van der Waals surface area contributed by atoms with Gasteiger partial charge in [0.2, 0.25) is 9.81 Å². The fourth-order valence-electron chi connectivity index (χ4n) is 0. The monoisotopic (exact) mass is 191 g/mol. The van der Waals surface area contributed by atoms with E-state index >= 15 is 0 Å². The summed E-state index contributed by atoms with van der Waals surface area (Å²) in [4.78, 5) is 16.0. The van der Waals surface area contributed by atoms with Crippen LogP contribution in [0.3, 0.4) is 0 Å². The molecule has 0 heterocycles. The minimum absolute atomic E-state index is 1.00. The van der Waals surface area contributed by atoms with Gasteiger partial charge in [-0.15, -0.1) is 0 Å². The second kappa shape index (κ2) is 1.90. The molecule has 10 heteroatoms. The van der Waals surface area contributed by atoms with Gasteiger partial charge in [0.1, 0.15) is 0 Å². The molecule has 0 atom stereocenters. The normalized spacial score (nSPS) is 17.0.